The predicted octanol–water partition coefficient (Wildman–Crippen LogP) is 4.38. The molecule has 5 rings (SSSR count). The predicted molar refractivity (Wildman–Crippen MR) is 96.2 cm³/mol. The molecule has 0 amide bonds. The topological polar surface area (TPSA) is 37.9 Å². The first-order valence-electron chi connectivity index (χ1n) is 8.43. The van der Waals surface area contributed by atoms with Crippen LogP contribution in [0.2, 0.25) is 0 Å². The highest BCUT2D eigenvalue weighted by Crippen LogP contribution is 2.34. The Morgan fingerprint density at radius 3 is 2.75 bits per heavy atom. The molecule has 1 N–H and O–H groups in total. The summed E-state index contributed by atoms with van der Waals surface area (Å²) in [6, 6.07) is 19.1. The molecule has 0 fully saturated rings. The van der Waals surface area contributed by atoms with E-state index in [-0.39, 0.29) is 0 Å². The van der Waals surface area contributed by atoms with Crippen molar-refractivity contribution in [1.29, 1.82) is 0 Å². The van der Waals surface area contributed by atoms with Gasteiger partial charge in [0.2, 0.25) is 0 Å². The van der Waals surface area contributed by atoms with Crippen molar-refractivity contribution in [2.45, 2.75) is 19.4 Å². The van der Waals surface area contributed by atoms with Gasteiger partial charge in [-0.05, 0) is 11.6 Å². The fraction of sp³-hybridized carbons (Fsp3) is 0.190. The van der Waals surface area contributed by atoms with Crippen molar-refractivity contribution < 1.29 is 4.74 Å². The molecule has 24 heavy (non-hydrogen) atoms. The second-order valence-electron chi connectivity index (χ2n) is 6.37. The maximum atomic E-state index is 5.73. The van der Waals surface area contributed by atoms with Gasteiger partial charge in [0, 0.05) is 40.4 Å². The van der Waals surface area contributed by atoms with Crippen LogP contribution in [0.4, 0.5) is 0 Å². The van der Waals surface area contributed by atoms with E-state index < -0.39 is 0 Å². The van der Waals surface area contributed by atoms with E-state index in [0.717, 1.165) is 30.7 Å². The molecule has 0 atom stereocenters. The molecule has 3 nitrogen and oxygen atoms in total. The molecule has 3 heteroatoms. The minimum Gasteiger partial charge on any atom is -0.376 e. The van der Waals surface area contributed by atoms with Gasteiger partial charge in [0.25, 0.3) is 0 Å². The molecular weight excluding hydrogens is 296 g/mol. The first-order chi connectivity index (χ1) is 11.9. The van der Waals surface area contributed by atoms with Gasteiger partial charge in [0.15, 0.2) is 0 Å². The van der Waals surface area contributed by atoms with E-state index in [1.165, 1.54) is 33.1 Å². The summed E-state index contributed by atoms with van der Waals surface area (Å²) in [4.78, 5) is 8.62. The lowest BCUT2D eigenvalue weighted by Gasteiger charge is -2.18. The second-order valence-corrected chi connectivity index (χ2v) is 6.37. The molecule has 0 aliphatic carbocycles. The largest absolute Gasteiger partial charge is 0.376 e. The van der Waals surface area contributed by atoms with Crippen LogP contribution in [0.1, 0.15) is 22.5 Å². The smallest absolute Gasteiger partial charge is 0.0741 e. The first kappa shape index (κ1) is 13.8. The number of rotatable bonds is 2. The number of fused-ring (bicyclic) bond motifs is 5. The lowest BCUT2D eigenvalue weighted by atomic mass is 9.99. The van der Waals surface area contributed by atoms with Gasteiger partial charge < -0.3 is 9.72 Å². The van der Waals surface area contributed by atoms with E-state index in [1.807, 2.05) is 0 Å². The van der Waals surface area contributed by atoms with Gasteiger partial charge >= 0.3 is 0 Å². The molecule has 3 heterocycles. The van der Waals surface area contributed by atoms with Crippen molar-refractivity contribution in [3.63, 3.8) is 0 Å². The van der Waals surface area contributed by atoms with Crippen LogP contribution in [-0.4, -0.2) is 16.6 Å². The van der Waals surface area contributed by atoms with Gasteiger partial charge in [-0.2, -0.15) is 0 Å². The van der Waals surface area contributed by atoms with E-state index in [9.17, 15) is 0 Å². The maximum absolute atomic E-state index is 5.73. The Hall–Kier alpha value is -2.65. The normalized spacial score (nSPS) is 14.2. The van der Waals surface area contributed by atoms with Crippen LogP contribution in [0.25, 0.3) is 21.8 Å². The van der Waals surface area contributed by atoms with Gasteiger partial charge in [0.05, 0.1) is 24.4 Å². The number of aromatic nitrogens is 2. The number of hydrogen-bond donors (Lipinski definition) is 1. The van der Waals surface area contributed by atoms with Crippen LogP contribution in [0.15, 0.2) is 54.6 Å². The third-order valence-corrected chi connectivity index (χ3v) is 4.86. The fourth-order valence-corrected chi connectivity index (χ4v) is 3.72. The highest BCUT2D eigenvalue weighted by Gasteiger charge is 2.20. The standard InChI is InChI=1S/C21H18N2O/c1-2-6-14(7-3-1)12-19-21-20(15-8-4-5-9-17(15)23-21)16-13-24-11-10-18(16)22-19/h1-9,23H,10-13H2. The molecule has 118 valence electrons. The third-order valence-electron chi connectivity index (χ3n) is 4.86. The van der Waals surface area contributed by atoms with Gasteiger partial charge in [0.1, 0.15) is 0 Å². The Bertz CT molecular complexity index is 1030. The number of hydrogen-bond acceptors (Lipinski definition) is 2. The number of pyridine rings is 1. The monoisotopic (exact) mass is 314 g/mol. The minimum absolute atomic E-state index is 0.659. The van der Waals surface area contributed by atoms with Crippen molar-refractivity contribution in [3.8, 4) is 0 Å². The average molecular weight is 314 g/mol. The highest BCUT2D eigenvalue weighted by atomic mass is 16.5. The van der Waals surface area contributed by atoms with Gasteiger partial charge in [-0.25, -0.2) is 0 Å². The molecule has 4 aromatic rings. The lowest BCUT2D eigenvalue weighted by molar-refractivity contribution is 0.110. The lowest BCUT2D eigenvalue weighted by Crippen LogP contribution is -2.13. The van der Waals surface area contributed by atoms with E-state index in [4.69, 9.17) is 9.72 Å². The SMILES string of the molecule is c1ccc(Cc2nc3c(c4c2[nH]c2ccccc24)COCC3)cc1. The number of benzene rings is 2. The van der Waals surface area contributed by atoms with Crippen molar-refractivity contribution in [2.75, 3.05) is 6.61 Å². The molecule has 2 aromatic carbocycles. The number of ether oxygens (including phenoxy) is 1. The number of H-pyrrole nitrogens is 1. The van der Waals surface area contributed by atoms with E-state index in [1.54, 1.807) is 0 Å². The molecule has 1 aliphatic rings. The van der Waals surface area contributed by atoms with E-state index in [2.05, 4.69) is 59.6 Å². The number of aromatic amines is 1. The Balaban J connectivity index is 1.80. The van der Waals surface area contributed by atoms with Crippen LogP contribution in [0, 0.1) is 0 Å². The van der Waals surface area contributed by atoms with Crippen molar-refractivity contribution >= 4 is 21.8 Å². The Kier molecular flexibility index (Phi) is 3.13. The second kappa shape index (κ2) is 5.46. The van der Waals surface area contributed by atoms with E-state index in [0.29, 0.717) is 6.61 Å². The summed E-state index contributed by atoms with van der Waals surface area (Å²) in [6.45, 7) is 1.42. The summed E-state index contributed by atoms with van der Waals surface area (Å²) in [5.74, 6) is 0. The Morgan fingerprint density at radius 2 is 1.83 bits per heavy atom. The summed E-state index contributed by atoms with van der Waals surface area (Å²) in [5.41, 5.74) is 7.20. The maximum Gasteiger partial charge on any atom is 0.0741 e. The molecule has 1 aliphatic heterocycles. The zero-order valence-electron chi connectivity index (χ0n) is 13.4. The van der Waals surface area contributed by atoms with Crippen LogP contribution >= 0.6 is 0 Å². The average Bonchev–Trinajstić information content (AvgIpc) is 3.03. The minimum atomic E-state index is 0.659. The molecule has 2 aromatic heterocycles. The highest BCUT2D eigenvalue weighted by molar-refractivity contribution is 6.09. The van der Waals surface area contributed by atoms with Crippen molar-refractivity contribution in [2.24, 2.45) is 0 Å². The van der Waals surface area contributed by atoms with Gasteiger partial charge in [-0.15, -0.1) is 0 Å². The van der Waals surface area contributed by atoms with Crippen molar-refractivity contribution in [3.05, 3.63) is 77.1 Å². The number of nitrogens with zero attached hydrogens (tertiary/aromatic N) is 1. The quantitative estimate of drug-likeness (QED) is 0.596. The van der Waals surface area contributed by atoms with Crippen LogP contribution in [0.5, 0.6) is 0 Å². The molecule has 0 saturated heterocycles. The Labute approximate surface area is 140 Å². The molecule has 0 spiro atoms. The zero-order valence-corrected chi connectivity index (χ0v) is 13.4. The zero-order chi connectivity index (χ0) is 15.9. The summed E-state index contributed by atoms with van der Waals surface area (Å²) in [7, 11) is 0. The van der Waals surface area contributed by atoms with Crippen LogP contribution in [-0.2, 0) is 24.2 Å². The third kappa shape index (κ3) is 2.13. The Morgan fingerprint density at radius 1 is 1.00 bits per heavy atom. The summed E-state index contributed by atoms with van der Waals surface area (Å²) < 4.78 is 5.73. The van der Waals surface area contributed by atoms with Crippen molar-refractivity contribution in [1.82, 2.24) is 9.97 Å². The van der Waals surface area contributed by atoms with Crippen LogP contribution < -0.4 is 0 Å². The molecular formula is C21H18N2O. The number of para-hydroxylation sites is 1. The van der Waals surface area contributed by atoms with Crippen LogP contribution in [0.3, 0.4) is 0 Å². The first-order valence-corrected chi connectivity index (χ1v) is 8.43. The van der Waals surface area contributed by atoms with Gasteiger partial charge in [-0.3, -0.25) is 4.98 Å². The number of nitrogens with one attached hydrogen (secondary N) is 1. The molecule has 0 radical (unpaired) electrons. The summed E-state index contributed by atoms with van der Waals surface area (Å²) >= 11 is 0. The molecule has 0 bridgehead atoms. The summed E-state index contributed by atoms with van der Waals surface area (Å²) in [6.07, 6.45) is 1.74. The van der Waals surface area contributed by atoms with Gasteiger partial charge in [-0.1, -0.05) is 48.5 Å². The molecule has 0 unspecified atom stereocenters. The molecule has 0 saturated carbocycles. The van der Waals surface area contributed by atoms with E-state index >= 15 is 0 Å². The fourth-order valence-electron chi connectivity index (χ4n) is 3.72. The summed E-state index contributed by atoms with van der Waals surface area (Å²) in [5, 5.41) is 2.56.